The fourth-order valence-corrected chi connectivity index (χ4v) is 6.66. The van der Waals surface area contributed by atoms with Gasteiger partial charge in [-0.1, -0.05) is 81.4 Å². The quantitative estimate of drug-likeness (QED) is 0.0859. The fourth-order valence-electron chi connectivity index (χ4n) is 5.58. The molecule has 0 aliphatic rings. The fraction of sp³-hybridized carbons (Fsp3) is 0.237. The number of aldehydes is 1. The smallest absolute Gasteiger partial charge is 0.191 e. The number of fused-ring (bicyclic) bond motifs is 1. The molecule has 46 heavy (non-hydrogen) atoms. The largest absolute Gasteiger partial charge is 0.417 e. The molecule has 0 fully saturated rings. The van der Waals surface area contributed by atoms with Crippen molar-refractivity contribution in [2.24, 2.45) is 0 Å². The average Bonchev–Trinajstić information content (AvgIpc) is 3.62. The van der Waals surface area contributed by atoms with Gasteiger partial charge in [0.2, 0.25) is 0 Å². The number of hydrogen-bond acceptors (Lipinski definition) is 4. The predicted octanol–water partition coefficient (Wildman–Crippen LogP) is 9.59. The van der Waals surface area contributed by atoms with Crippen molar-refractivity contribution >= 4 is 25.6 Å². The van der Waals surface area contributed by atoms with Gasteiger partial charge >= 0.3 is 0 Å². The number of halogens is 1. The molecule has 0 aliphatic heterocycles. The molecule has 0 spiro atoms. The first kappa shape index (κ1) is 31.3. The SMILES string of the molecule is CC(C)(C)[Si](C)(C)OCCCn1nc(-c2ccnc3c2cc(-c2ccccc2)n3-c2ccccc2)c(-c2ccc(F)cc2)c1C=O. The Labute approximate surface area is 270 Å². The molecule has 0 saturated heterocycles. The minimum Gasteiger partial charge on any atom is -0.417 e. The van der Waals surface area contributed by atoms with Crippen LogP contribution in [0, 0.1) is 5.82 Å². The van der Waals surface area contributed by atoms with Gasteiger partial charge in [-0.15, -0.1) is 0 Å². The molecule has 3 aromatic heterocycles. The molecule has 0 radical (unpaired) electrons. The van der Waals surface area contributed by atoms with E-state index in [0.29, 0.717) is 36.5 Å². The van der Waals surface area contributed by atoms with Crippen LogP contribution in [0.15, 0.2) is 103 Å². The molecule has 3 heterocycles. The zero-order chi connectivity index (χ0) is 32.5. The van der Waals surface area contributed by atoms with Crippen LogP contribution < -0.4 is 0 Å². The predicted molar refractivity (Wildman–Crippen MR) is 186 cm³/mol. The van der Waals surface area contributed by atoms with Crippen LogP contribution in [-0.2, 0) is 11.0 Å². The Balaban J connectivity index is 1.51. The van der Waals surface area contributed by atoms with Crippen molar-refractivity contribution in [3.63, 3.8) is 0 Å². The van der Waals surface area contributed by atoms with Gasteiger partial charge in [0, 0.05) is 41.5 Å². The van der Waals surface area contributed by atoms with E-state index in [-0.39, 0.29) is 10.9 Å². The standard InChI is InChI=1S/C38H39FN4O2Si/c1-38(2,3)46(4,5)45-24-12-23-42-34(26-44)35(28-17-19-29(39)20-18-28)36(41-42)31-21-22-40-37-32(31)25-33(27-13-8-6-9-14-27)43(37)30-15-10-7-11-16-30/h6-11,13-22,25-26H,12,23-24H2,1-5H3. The minimum absolute atomic E-state index is 0.108. The zero-order valence-electron chi connectivity index (χ0n) is 27.0. The van der Waals surface area contributed by atoms with Crippen molar-refractivity contribution in [3.05, 3.63) is 115 Å². The third-order valence-electron chi connectivity index (χ3n) is 9.06. The minimum atomic E-state index is -1.92. The highest BCUT2D eigenvalue weighted by atomic mass is 28.4. The summed E-state index contributed by atoms with van der Waals surface area (Å²) in [6.07, 6.45) is 3.34. The summed E-state index contributed by atoms with van der Waals surface area (Å²) in [5.41, 5.74) is 7.13. The Morgan fingerprint density at radius 2 is 1.57 bits per heavy atom. The summed E-state index contributed by atoms with van der Waals surface area (Å²) < 4.78 is 24.4. The summed E-state index contributed by atoms with van der Waals surface area (Å²) in [5.74, 6) is -0.341. The maximum absolute atomic E-state index is 14.1. The molecule has 0 amide bonds. The second kappa shape index (κ2) is 12.6. The Hall–Kier alpha value is -4.66. The Morgan fingerprint density at radius 1 is 0.891 bits per heavy atom. The summed E-state index contributed by atoms with van der Waals surface area (Å²) in [4.78, 5) is 17.6. The van der Waals surface area contributed by atoms with Gasteiger partial charge in [-0.25, -0.2) is 9.37 Å². The number of aromatic nitrogens is 4. The van der Waals surface area contributed by atoms with Gasteiger partial charge in [0.15, 0.2) is 14.6 Å². The van der Waals surface area contributed by atoms with Crippen LogP contribution in [0.4, 0.5) is 4.39 Å². The topological polar surface area (TPSA) is 61.9 Å². The van der Waals surface area contributed by atoms with Crippen molar-refractivity contribution in [1.29, 1.82) is 0 Å². The lowest BCUT2D eigenvalue weighted by atomic mass is 9.98. The van der Waals surface area contributed by atoms with Gasteiger partial charge < -0.3 is 4.43 Å². The van der Waals surface area contributed by atoms with Crippen molar-refractivity contribution in [1.82, 2.24) is 19.3 Å². The molecule has 6 aromatic rings. The van der Waals surface area contributed by atoms with Gasteiger partial charge in [-0.05, 0) is 72.1 Å². The number of hydrogen-bond donors (Lipinski definition) is 0. The second-order valence-corrected chi connectivity index (χ2v) is 17.9. The lowest BCUT2D eigenvalue weighted by Crippen LogP contribution is -2.41. The number of rotatable bonds is 10. The number of aryl methyl sites for hydroxylation is 1. The molecule has 0 unspecified atom stereocenters. The van der Waals surface area contributed by atoms with Crippen molar-refractivity contribution in [3.8, 4) is 39.3 Å². The normalized spacial score (nSPS) is 12.1. The highest BCUT2D eigenvalue weighted by molar-refractivity contribution is 6.74. The van der Waals surface area contributed by atoms with E-state index >= 15 is 0 Å². The third kappa shape index (κ3) is 5.98. The Bertz CT molecular complexity index is 1980. The summed E-state index contributed by atoms with van der Waals surface area (Å²) in [7, 11) is -1.92. The van der Waals surface area contributed by atoms with Gasteiger partial charge in [0.25, 0.3) is 0 Å². The summed E-state index contributed by atoms with van der Waals surface area (Å²) in [6.45, 7) is 12.2. The highest BCUT2D eigenvalue weighted by Crippen LogP contribution is 2.41. The first-order valence-electron chi connectivity index (χ1n) is 15.7. The maximum Gasteiger partial charge on any atom is 0.191 e. The van der Waals surface area contributed by atoms with Crippen molar-refractivity contribution < 1.29 is 13.6 Å². The molecule has 0 saturated carbocycles. The molecular formula is C38H39FN4O2Si. The Morgan fingerprint density at radius 3 is 2.22 bits per heavy atom. The van der Waals surface area contributed by atoms with Crippen LogP contribution in [0.2, 0.25) is 18.1 Å². The van der Waals surface area contributed by atoms with Crippen molar-refractivity contribution in [2.75, 3.05) is 6.61 Å². The van der Waals surface area contributed by atoms with E-state index in [1.807, 2.05) is 42.5 Å². The average molecular weight is 631 g/mol. The third-order valence-corrected chi connectivity index (χ3v) is 13.6. The lowest BCUT2D eigenvalue weighted by Gasteiger charge is -2.36. The zero-order valence-corrected chi connectivity index (χ0v) is 28.0. The molecule has 234 valence electrons. The number of benzene rings is 3. The second-order valence-electron chi connectivity index (χ2n) is 13.1. The van der Waals surface area contributed by atoms with Crippen molar-refractivity contribution in [2.45, 2.75) is 51.9 Å². The van der Waals surface area contributed by atoms with Gasteiger partial charge in [0.1, 0.15) is 22.9 Å². The molecule has 3 aromatic carbocycles. The van der Waals surface area contributed by atoms with Gasteiger partial charge in [-0.2, -0.15) is 5.10 Å². The van der Waals surface area contributed by atoms with E-state index in [1.165, 1.54) is 12.1 Å². The van der Waals surface area contributed by atoms with Gasteiger partial charge in [-0.3, -0.25) is 14.0 Å². The first-order valence-corrected chi connectivity index (χ1v) is 18.6. The maximum atomic E-state index is 14.1. The molecule has 6 rings (SSSR count). The molecule has 0 N–H and O–H groups in total. The van der Waals surface area contributed by atoms with E-state index < -0.39 is 8.32 Å². The van der Waals surface area contributed by atoms with E-state index in [2.05, 4.69) is 68.8 Å². The molecule has 8 heteroatoms. The monoisotopic (exact) mass is 630 g/mol. The molecular weight excluding hydrogens is 592 g/mol. The number of carbonyl (C=O) groups is 1. The van der Waals surface area contributed by atoms with Crippen LogP contribution in [0.1, 0.15) is 37.7 Å². The number of nitrogens with zero attached hydrogens (tertiary/aromatic N) is 4. The first-order chi connectivity index (χ1) is 22.1. The number of para-hydroxylation sites is 1. The van der Waals surface area contributed by atoms with E-state index in [4.69, 9.17) is 14.5 Å². The van der Waals surface area contributed by atoms with Crippen LogP contribution in [0.25, 0.3) is 50.4 Å². The summed E-state index contributed by atoms with van der Waals surface area (Å²) in [6, 6.07) is 30.7. The van der Waals surface area contributed by atoms with Crippen LogP contribution >= 0.6 is 0 Å². The molecule has 6 nitrogen and oxygen atoms in total. The van der Waals surface area contributed by atoms with E-state index in [9.17, 15) is 9.18 Å². The molecule has 0 aliphatic carbocycles. The van der Waals surface area contributed by atoms with E-state index in [1.54, 1.807) is 23.0 Å². The van der Waals surface area contributed by atoms with Crippen LogP contribution in [0.5, 0.6) is 0 Å². The summed E-state index contributed by atoms with van der Waals surface area (Å²) in [5, 5.41) is 6.09. The van der Waals surface area contributed by atoms with E-state index in [0.717, 1.165) is 45.4 Å². The molecule has 0 atom stereocenters. The molecule has 0 bridgehead atoms. The number of pyridine rings is 1. The highest BCUT2D eigenvalue weighted by Gasteiger charge is 2.37. The number of carbonyl (C=O) groups excluding carboxylic acids is 1. The van der Waals surface area contributed by atoms with Crippen LogP contribution in [-0.4, -0.2) is 40.5 Å². The van der Waals surface area contributed by atoms with Crippen LogP contribution in [0.3, 0.4) is 0 Å². The Kier molecular flexibility index (Phi) is 8.59. The lowest BCUT2D eigenvalue weighted by molar-refractivity contribution is 0.111. The summed E-state index contributed by atoms with van der Waals surface area (Å²) >= 11 is 0. The van der Waals surface area contributed by atoms with Gasteiger partial charge in [0.05, 0.1) is 5.69 Å².